The van der Waals surface area contributed by atoms with Crippen molar-refractivity contribution in [2.45, 2.75) is 6.92 Å². The molecule has 2 amide bonds. The number of hydrogen-bond donors (Lipinski definition) is 2. The normalized spacial score (nSPS) is 11.2. The molecule has 1 unspecified atom stereocenters. The number of carboxylic acid groups (broad SMARTS) is 1. The summed E-state index contributed by atoms with van der Waals surface area (Å²) in [7, 11) is 3.80. The Labute approximate surface area is 144 Å². The molecule has 0 fully saturated rings. The molecule has 0 saturated carbocycles. The molecule has 136 valence electrons. The minimum atomic E-state index is -1.04. The van der Waals surface area contributed by atoms with Crippen molar-refractivity contribution in [2.24, 2.45) is 5.92 Å². The van der Waals surface area contributed by atoms with Crippen molar-refractivity contribution in [2.75, 3.05) is 33.1 Å². The second-order valence-electron chi connectivity index (χ2n) is 5.29. The lowest BCUT2D eigenvalue weighted by atomic mass is 10.1. The van der Waals surface area contributed by atoms with E-state index in [4.69, 9.17) is 5.11 Å². The fourth-order valence-corrected chi connectivity index (χ4v) is 1.96. The Morgan fingerprint density at radius 1 is 1.16 bits per heavy atom. The van der Waals surface area contributed by atoms with E-state index in [-0.39, 0.29) is 23.4 Å². The fourth-order valence-electron chi connectivity index (χ4n) is 1.96. The summed E-state index contributed by atoms with van der Waals surface area (Å²) in [6.45, 7) is 1.43. The van der Waals surface area contributed by atoms with Crippen LogP contribution in [0.4, 0.5) is 10.5 Å². The molecule has 0 radical (unpaired) electrons. The van der Waals surface area contributed by atoms with Crippen molar-refractivity contribution in [1.29, 1.82) is 0 Å². The number of hydrogen-bond acceptors (Lipinski definition) is 6. The molecule has 1 rings (SSSR count). The SMILES string of the molecule is COC(=O)c1ccc(C(=O)OC)c(NC(=O)N(C)CC(C)C(=O)O)c1. The highest BCUT2D eigenvalue weighted by Gasteiger charge is 2.21. The summed E-state index contributed by atoms with van der Waals surface area (Å²) < 4.78 is 9.25. The van der Waals surface area contributed by atoms with Crippen LogP contribution in [0.2, 0.25) is 0 Å². The van der Waals surface area contributed by atoms with Gasteiger partial charge in [-0.05, 0) is 18.2 Å². The number of ether oxygens (including phenoxy) is 2. The molecule has 0 aliphatic carbocycles. The van der Waals surface area contributed by atoms with Crippen LogP contribution in [-0.2, 0) is 14.3 Å². The smallest absolute Gasteiger partial charge is 0.339 e. The molecular formula is C16H20N2O7. The maximum atomic E-state index is 12.2. The third-order valence-corrected chi connectivity index (χ3v) is 3.40. The van der Waals surface area contributed by atoms with Gasteiger partial charge >= 0.3 is 23.9 Å². The minimum Gasteiger partial charge on any atom is -0.481 e. The highest BCUT2D eigenvalue weighted by atomic mass is 16.5. The zero-order valence-electron chi connectivity index (χ0n) is 14.4. The number of esters is 2. The number of nitrogens with one attached hydrogen (secondary N) is 1. The van der Waals surface area contributed by atoms with Crippen LogP contribution >= 0.6 is 0 Å². The molecule has 25 heavy (non-hydrogen) atoms. The Morgan fingerprint density at radius 2 is 1.76 bits per heavy atom. The Bertz CT molecular complexity index is 687. The summed E-state index contributed by atoms with van der Waals surface area (Å²) in [5.74, 6) is -3.15. The number of carbonyl (C=O) groups is 4. The van der Waals surface area contributed by atoms with Crippen molar-refractivity contribution in [3.63, 3.8) is 0 Å². The first-order chi connectivity index (χ1) is 11.7. The van der Waals surface area contributed by atoms with Gasteiger partial charge in [-0.2, -0.15) is 0 Å². The summed E-state index contributed by atoms with van der Waals surface area (Å²) >= 11 is 0. The van der Waals surface area contributed by atoms with Crippen molar-refractivity contribution in [3.8, 4) is 0 Å². The Balaban J connectivity index is 3.07. The number of urea groups is 1. The predicted molar refractivity (Wildman–Crippen MR) is 87.6 cm³/mol. The van der Waals surface area contributed by atoms with Crippen molar-refractivity contribution >= 4 is 29.6 Å². The monoisotopic (exact) mass is 352 g/mol. The van der Waals surface area contributed by atoms with Gasteiger partial charge in [0.25, 0.3) is 0 Å². The number of carbonyl (C=O) groups excluding carboxylic acids is 3. The molecule has 1 atom stereocenters. The molecular weight excluding hydrogens is 332 g/mol. The van der Waals surface area contributed by atoms with Crippen LogP contribution in [0.1, 0.15) is 27.6 Å². The number of carboxylic acids is 1. The zero-order valence-corrected chi connectivity index (χ0v) is 14.4. The maximum Gasteiger partial charge on any atom is 0.339 e. The van der Waals surface area contributed by atoms with Crippen LogP contribution in [0.3, 0.4) is 0 Å². The van der Waals surface area contributed by atoms with Crippen LogP contribution in [0.25, 0.3) is 0 Å². The van der Waals surface area contributed by atoms with Gasteiger partial charge in [0.05, 0.1) is 37.0 Å². The molecule has 1 aromatic rings. The molecule has 0 aliphatic heterocycles. The van der Waals surface area contributed by atoms with Gasteiger partial charge in [0.15, 0.2) is 0 Å². The molecule has 0 heterocycles. The highest BCUT2D eigenvalue weighted by molar-refractivity contribution is 6.03. The highest BCUT2D eigenvalue weighted by Crippen LogP contribution is 2.20. The van der Waals surface area contributed by atoms with Crippen LogP contribution < -0.4 is 5.32 Å². The van der Waals surface area contributed by atoms with E-state index in [9.17, 15) is 19.2 Å². The standard InChI is InChI=1S/C16H20N2O7/c1-9(13(19)20)8-18(2)16(23)17-12-7-10(14(21)24-3)5-6-11(12)15(22)25-4/h5-7,9H,8H2,1-4H3,(H,17,23)(H,19,20). The molecule has 0 aromatic heterocycles. The van der Waals surface area contributed by atoms with Gasteiger partial charge in [-0.1, -0.05) is 6.92 Å². The fraction of sp³-hybridized carbons (Fsp3) is 0.375. The first-order valence-corrected chi connectivity index (χ1v) is 7.26. The summed E-state index contributed by atoms with van der Waals surface area (Å²) in [5, 5.41) is 11.4. The molecule has 9 nitrogen and oxygen atoms in total. The van der Waals surface area contributed by atoms with Gasteiger partial charge in [-0.25, -0.2) is 14.4 Å². The molecule has 0 saturated heterocycles. The van der Waals surface area contributed by atoms with E-state index in [1.807, 2.05) is 0 Å². The lowest BCUT2D eigenvalue weighted by Crippen LogP contribution is -2.37. The molecule has 1 aromatic carbocycles. The summed E-state index contributed by atoms with van der Waals surface area (Å²) in [6.07, 6.45) is 0. The van der Waals surface area contributed by atoms with E-state index < -0.39 is 29.9 Å². The number of rotatable bonds is 6. The van der Waals surface area contributed by atoms with Gasteiger partial charge in [0.1, 0.15) is 0 Å². The first-order valence-electron chi connectivity index (χ1n) is 7.26. The average molecular weight is 352 g/mol. The van der Waals surface area contributed by atoms with E-state index in [1.165, 1.54) is 46.4 Å². The quantitative estimate of drug-likeness (QED) is 0.743. The summed E-state index contributed by atoms with van der Waals surface area (Å²) in [6, 6.07) is 3.34. The molecule has 2 N–H and O–H groups in total. The largest absolute Gasteiger partial charge is 0.481 e. The van der Waals surface area contributed by atoms with Crippen LogP contribution in [0.15, 0.2) is 18.2 Å². The summed E-state index contributed by atoms with van der Waals surface area (Å²) in [5.41, 5.74) is 0.227. The van der Waals surface area contributed by atoms with Gasteiger partial charge in [0.2, 0.25) is 0 Å². The second kappa shape index (κ2) is 8.67. The lowest BCUT2D eigenvalue weighted by molar-refractivity contribution is -0.141. The van der Waals surface area contributed by atoms with E-state index in [0.717, 1.165) is 4.90 Å². The Hall–Kier alpha value is -3.10. The number of benzene rings is 1. The number of nitrogens with zero attached hydrogens (tertiary/aromatic N) is 1. The van der Waals surface area contributed by atoms with Crippen molar-refractivity contribution < 1.29 is 33.8 Å². The second-order valence-corrected chi connectivity index (χ2v) is 5.29. The number of anilines is 1. The van der Waals surface area contributed by atoms with Crippen LogP contribution in [-0.4, -0.2) is 61.8 Å². The van der Waals surface area contributed by atoms with Gasteiger partial charge < -0.3 is 24.8 Å². The number of methoxy groups -OCH3 is 2. The van der Waals surface area contributed by atoms with Crippen LogP contribution in [0, 0.1) is 5.92 Å². The van der Waals surface area contributed by atoms with Crippen LogP contribution in [0.5, 0.6) is 0 Å². The topological polar surface area (TPSA) is 122 Å². The average Bonchev–Trinajstić information content (AvgIpc) is 2.59. The van der Waals surface area contributed by atoms with Gasteiger partial charge in [0, 0.05) is 13.6 Å². The maximum absolute atomic E-state index is 12.2. The molecule has 0 spiro atoms. The van der Waals surface area contributed by atoms with E-state index in [0.29, 0.717) is 0 Å². The third kappa shape index (κ3) is 5.20. The Morgan fingerprint density at radius 3 is 2.28 bits per heavy atom. The zero-order chi connectivity index (χ0) is 19.1. The third-order valence-electron chi connectivity index (χ3n) is 3.40. The summed E-state index contributed by atoms with van der Waals surface area (Å²) in [4.78, 5) is 47.7. The predicted octanol–water partition coefficient (Wildman–Crippen LogP) is 1.44. The lowest BCUT2D eigenvalue weighted by Gasteiger charge is -2.21. The van der Waals surface area contributed by atoms with Gasteiger partial charge in [-0.15, -0.1) is 0 Å². The molecule has 9 heteroatoms. The molecule has 0 bridgehead atoms. The van der Waals surface area contributed by atoms with Crippen molar-refractivity contribution in [3.05, 3.63) is 29.3 Å². The Kier molecular flexibility index (Phi) is 6.92. The van der Waals surface area contributed by atoms with Crippen molar-refractivity contribution in [1.82, 2.24) is 4.90 Å². The van der Waals surface area contributed by atoms with E-state index in [2.05, 4.69) is 14.8 Å². The minimum absolute atomic E-state index is 0.0363. The van der Waals surface area contributed by atoms with Gasteiger partial charge in [-0.3, -0.25) is 4.79 Å². The number of aliphatic carboxylic acids is 1. The number of amides is 2. The van der Waals surface area contributed by atoms with E-state index >= 15 is 0 Å². The first kappa shape index (κ1) is 19.9. The van der Waals surface area contributed by atoms with E-state index in [1.54, 1.807) is 0 Å². The molecule has 0 aliphatic rings.